The Bertz CT molecular complexity index is 493. The van der Waals surface area contributed by atoms with Crippen LogP contribution in [0.2, 0.25) is 0 Å². The number of benzene rings is 1. The monoisotopic (exact) mass is 246 g/mol. The van der Waals surface area contributed by atoms with E-state index in [1.165, 1.54) is 0 Å². The first kappa shape index (κ1) is 12.3. The molecule has 0 unspecified atom stereocenters. The van der Waals surface area contributed by atoms with Crippen molar-refractivity contribution in [1.29, 1.82) is 0 Å². The first-order valence-corrected chi connectivity index (χ1v) is 5.65. The zero-order chi connectivity index (χ0) is 12.8. The number of rotatable bonds is 5. The van der Waals surface area contributed by atoms with Crippen molar-refractivity contribution in [2.24, 2.45) is 0 Å². The summed E-state index contributed by atoms with van der Waals surface area (Å²) in [6.07, 6.45) is 3.75. The van der Waals surface area contributed by atoms with Crippen molar-refractivity contribution in [3.05, 3.63) is 42.5 Å². The van der Waals surface area contributed by atoms with Crippen LogP contribution < -0.4 is 5.32 Å². The van der Waals surface area contributed by atoms with Crippen molar-refractivity contribution in [3.63, 3.8) is 0 Å². The number of carbonyl (C=O) groups excluding carboxylic acids is 1. The maximum atomic E-state index is 11.7. The molecule has 2 aromatic rings. The van der Waals surface area contributed by atoms with Crippen LogP contribution in [-0.4, -0.2) is 38.9 Å². The highest BCUT2D eigenvalue weighted by molar-refractivity contribution is 5.94. The topological polar surface area (TPSA) is 80.0 Å². The maximum Gasteiger partial charge on any atom is 0.251 e. The third-order valence-electron chi connectivity index (χ3n) is 2.47. The molecule has 0 bridgehead atoms. The lowest BCUT2D eigenvalue weighted by Gasteiger charge is -2.05. The average Bonchev–Trinajstić information content (AvgIpc) is 2.93. The van der Waals surface area contributed by atoms with E-state index in [0.29, 0.717) is 18.5 Å². The molecule has 0 saturated heterocycles. The van der Waals surface area contributed by atoms with Crippen LogP contribution in [0.1, 0.15) is 16.8 Å². The van der Waals surface area contributed by atoms with E-state index in [1.807, 2.05) is 12.1 Å². The summed E-state index contributed by atoms with van der Waals surface area (Å²) in [7, 11) is 0. The Balaban J connectivity index is 2.01. The molecule has 0 fully saturated rings. The van der Waals surface area contributed by atoms with Gasteiger partial charge in [0.05, 0.1) is 0 Å². The predicted molar refractivity (Wildman–Crippen MR) is 65.4 cm³/mol. The van der Waals surface area contributed by atoms with Crippen molar-refractivity contribution in [3.8, 4) is 5.69 Å². The summed E-state index contributed by atoms with van der Waals surface area (Å²) < 4.78 is 1.76. The number of aliphatic hydroxyl groups is 1. The SMILES string of the molecule is O=C(NCCCO)c1ccc(-n2cnnc2)cc1. The van der Waals surface area contributed by atoms with Gasteiger partial charge in [-0.2, -0.15) is 0 Å². The number of amides is 1. The lowest BCUT2D eigenvalue weighted by atomic mass is 10.2. The van der Waals surface area contributed by atoms with E-state index in [4.69, 9.17) is 5.11 Å². The molecule has 0 aliphatic carbocycles. The second-order valence-corrected chi connectivity index (χ2v) is 3.75. The van der Waals surface area contributed by atoms with E-state index in [9.17, 15) is 4.79 Å². The second kappa shape index (κ2) is 5.92. The lowest BCUT2D eigenvalue weighted by Crippen LogP contribution is -2.24. The molecule has 1 aromatic heterocycles. The quantitative estimate of drug-likeness (QED) is 0.747. The molecule has 6 heteroatoms. The summed E-state index contributed by atoms with van der Waals surface area (Å²) in [6, 6.07) is 7.13. The third-order valence-corrected chi connectivity index (χ3v) is 2.47. The number of nitrogens with zero attached hydrogens (tertiary/aromatic N) is 3. The van der Waals surface area contributed by atoms with Gasteiger partial charge in [0.1, 0.15) is 12.7 Å². The minimum atomic E-state index is -0.140. The fourth-order valence-corrected chi connectivity index (χ4v) is 1.50. The van der Waals surface area contributed by atoms with E-state index in [-0.39, 0.29) is 12.5 Å². The molecular weight excluding hydrogens is 232 g/mol. The highest BCUT2D eigenvalue weighted by atomic mass is 16.3. The Morgan fingerprint density at radius 2 is 1.89 bits per heavy atom. The van der Waals surface area contributed by atoms with E-state index < -0.39 is 0 Å². The van der Waals surface area contributed by atoms with Crippen LogP contribution in [0.5, 0.6) is 0 Å². The van der Waals surface area contributed by atoms with Gasteiger partial charge in [0.2, 0.25) is 0 Å². The minimum Gasteiger partial charge on any atom is -0.396 e. The van der Waals surface area contributed by atoms with Crippen LogP contribution in [0.15, 0.2) is 36.9 Å². The maximum absolute atomic E-state index is 11.7. The highest BCUT2D eigenvalue weighted by Crippen LogP contribution is 2.08. The van der Waals surface area contributed by atoms with Gasteiger partial charge in [-0.25, -0.2) is 0 Å². The smallest absolute Gasteiger partial charge is 0.251 e. The molecule has 0 aliphatic heterocycles. The zero-order valence-electron chi connectivity index (χ0n) is 9.78. The molecule has 18 heavy (non-hydrogen) atoms. The van der Waals surface area contributed by atoms with Crippen molar-refractivity contribution < 1.29 is 9.90 Å². The summed E-state index contributed by atoms with van der Waals surface area (Å²) in [5, 5.41) is 18.8. The first-order chi connectivity index (χ1) is 8.81. The van der Waals surface area contributed by atoms with Crippen LogP contribution in [0.4, 0.5) is 0 Å². The Hall–Kier alpha value is -2.21. The summed E-state index contributed by atoms with van der Waals surface area (Å²) in [4.78, 5) is 11.7. The minimum absolute atomic E-state index is 0.0762. The molecule has 0 atom stereocenters. The summed E-state index contributed by atoms with van der Waals surface area (Å²) in [5.74, 6) is -0.140. The molecule has 0 spiro atoms. The summed E-state index contributed by atoms with van der Waals surface area (Å²) in [6.45, 7) is 0.551. The number of aliphatic hydroxyl groups excluding tert-OH is 1. The van der Waals surface area contributed by atoms with E-state index in [0.717, 1.165) is 5.69 Å². The van der Waals surface area contributed by atoms with Crippen LogP contribution >= 0.6 is 0 Å². The van der Waals surface area contributed by atoms with Crippen molar-refractivity contribution in [2.45, 2.75) is 6.42 Å². The van der Waals surface area contributed by atoms with Crippen LogP contribution in [-0.2, 0) is 0 Å². The van der Waals surface area contributed by atoms with Gasteiger partial charge in [0.25, 0.3) is 5.91 Å². The normalized spacial score (nSPS) is 10.3. The third kappa shape index (κ3) is 2.92. The van der Waals surface area contributed by atoms with Gasteiger partial charge in [-0.15, -0.1) is 10.2 Å². The molecule has 1 amide bonds. The van der Waals surface area contributed by atoms with Gasteiger partial charge in [0, 0.05) is 24.4 Å². The Kier molecular flexibility index (Phi) is 4.03. The molecule has 94 valence electrons. The number of nitrogens with one attached hydrogen (secondary N) is 1. The van der Waals surface area contributed by atoms with Gasteiger partial charge in [-0.3, -0.25) is 9.36 Å². The lowest BCUT2D eigenvalue weighted by molar-refractivity contribution is 0.0951. The number of hydrogen-bond donors (Lipinski definition) is 2. The molecule has 1 heterocycles. The van der Waals surface area contributed by atoms with Crippen molar-refractivity contribution >= 4 is 5.91 Å². The van der Waals surface area contributed by atoms with Gasteiger partial charge < -0.3 is 10.4 Å². The molecule has 6 nitrogen and oxygen atoms in total. The van der Waals surface area contributed by atoms with E-state index >= 15 is 0 Å². The van der Waals surface area contributed by atoms with Gasteiger partial charge in [-0.1, -0.05) is 0 Å². The van der Waals surface area contributed by atoms with Gasteiger partial charge >= 0.3 is 0 Å². The summed E-state index contributed by atoms with van der Waals surface area (Å²) in [5.41, 5.74) is 1.48. The molecule has 1 aromatic carbocycles. The average molecular weight is 246 g/mol. The van der Waals surface area contributed by atoms with Crippen molar-refractivity contribution in [2.75, 3.05) is 13.2 Å². The molecule has 0 radical (unpaired) electrons. The Morgan fingerprint density at radius 3 is 2.50 bits per heavy atom. The summed E-state index contributed by atoms with van der Waals surface area (Å²) >= 11 is 0. The molecule has 2 rings (SSSR count). The highest BCUT2D eigenvalue weighted by Gasteiger charge is 2.04. The standard InChI is InChI=1S/C12H14N4O2/c17-7-1-6-13-12(18)10-2-4-11(5-3-10)16-8-14-15-9-16/h2-5,8-9,17H,1,6-7H2,(H,13,18). The molecular formula is C12H14N4O2. The number of hydrogen-bond acceptors (Lipinski definition) is 4. The molecule has 0 saturated carbocycles. The fourth-order valence-electron chi connectivity index (χ4n) is 1.50. The largest absolute Gasteiger partial charge is 0.396 e. The zero-order valence-corrected chi connectivity index (χ0v) is 9.78. The Labute approximate surface area is 104 Å². The molecule has 2 N–H and O–H groups in total. The molecule has 0 aliphatic rings. The van der Waals surface area contributed by atoms with Crippen LogP contribution in [0.3, 0.4) is 0 Å². The van der Waals surface area contributed by atoms with E-state index in [1.54, 1.807) is 29.4 Å². The predicted octanol–water partition coefficient (Wildman–Crippen LogP) is 0.379. The van der Waals surface area contributed by atoms with Crippen LogP contribution in [0.25, 0.3) is 5.69 Å². The van der Waals surface area contributed by atoms with E-state index in [2.05, 4.69) is 15.5 Å². The Morgan fingerprint density at radius 1 is 1.22 bits per heavy atom. The van der Waals surface area contributed by atoms with Crippen LogP contribution in [0, 0.1) is 0 Å². The first-order valence-electron chi connectivity index (χ1n) is 5.65. The number of aromatic nitrogens is 3. The fraction of sp³-hybridized carbons (Fsp3) is 0.250. The number of carbonyl (C=O) groups is 1. The second-order valence-electron chi connectivity index (χ2n) is 3.75. The van der Waals surface area contributed by atoms with Gasteiger partial charge in [-0.05, 0) is 30.7 Å². The van der Waals surface area contributed by atoms with Crippen molar-refractivity contribution in [1.82, 2.24) is 20.1 Å². The van der Waals surface area contributed by atoms with Gasteiger partial charge in [0.15, 0.2) is 0 Å².